The molecule has 1 aromatic heterocycles. The monoisotopic (exact) mass is 396 g/mol. The third kappa shape index (κ3) is 3.51. The molecule has 3 N–H and O–H groups in total. The van der Waals surface area contributed by atoms with Gasteiger partial charge in [-0.1, -0.05) is 26.8 Å². The first-order valence-electron chi connectivity index (χ1n) is 10.00. The van der Waals surface area contributed by atoms with Gasteiger partial charge >= 0.3 is 0 Å². The maximum Gasteiger partial charge on any atom is 0.235 e. The van der Waals surface area contributed by atoms with Crippen molar-refractivity contribution in [3.8, 4) is 5.75 Å². The summed E-state index contributed by atoms with van der Waals surface area (Å²) in [6.07, 6.45) is 1.60. The number of benzene rings is 2. The van der Waals surface area contributed by atoms with Gasteiger partial charge in [-0.25, -0.2) is 0 Å². The van der Waals surface area contributed by atoms with E-state index in [4.69, 9.17) is 4.74 Å². The van der Waals surface area contributed by atoms with E-state index >= 15 is 0 Å². The maximum atomic E-state index is 13.1. The standard InChI is InChI=1S/C24H28N2O3.2H2/c1-23(2,3)21-13-15-12-18(6-7-19(15)26-21)25-22(28)24(9-10-24)17-5-8-20(29-4)16(11-17)14-27;;/h5-8,11-13,26-27H,9-10,14H2,1-4H3,(H,25,28);2*1H. The number of hydrogen-bond donors (Lipinski definition) is 3. The van der Waals surface area contributed by atoms with E-state index < -0.39 is 5.41 Å². The lowest BCUT2D eigenvalue weighted by molar-refractivity contribution is -0.118. The van der Waals surface area contributed by atoms with Crippen LogP contribution in [0.2, 0.25) is 0 Å². The molecule has 5 nitrogen and oxygen atoms in total. The minimum atomic E-state index is -0.528. The number of aliphatic hydroxyl groups is 1. The molecule has 5 heteroatoms. The van der Waals surface area contributed by atoms with E-state index in [1.54, 1.807) is 7.11 Å². The lowest BCUT2D eigenvalue weighted by atomic mass is 9.92. The Morgan fingerprint density at radius 1 is 1.21 bits per heavy atom. The number of H-pyrrole nitrogens is 1. The number of nitrogens with one attached hydrogen (secondary N) is 2. The number of aromatic amines is 1. The van der Waals surface area contributed by atoms with Gasteiger partial charge in [0, 0.05) is 36.1 Å². The van der Waals surface area contributed by atoms with Gasteiger partial charge in [-0.15, -0.1) is 0 Å². The highest BCUT2D eigenvalue weighted by atomic mass is 16.5. The molecule has 0 bridgehead atoms. The van der Waals surface area contributed by atoms with E-state index in [-0.39, 0.29) is 20.8 Å². The molecule has 1 aliphatic rings. The Hall–Kier alpha value is -2.79. The summed E-state index contributed by atoms with van der Waals surface area (Å²) in [7, 11) is 1.58. The first-order valence-corrected chi connectivity index (χ1v) is 10.00. The molecule has 1 heterocycles. The molecule has 0 radical (unpaired) electrons. The zero-order chi connectivity index (χ0) is 20.8. The third-order valence-corrected chi connectivity index (χ3v) is 5.87. The molecule has 156 valence electrons. The van der Waals surface area contributed by atoms with Crippen molar-refractivity contribution in [1.29, 1.82) is 0 Å². The maximum absolute atomic E-state index is 13.1. The van der Waals surface area contributed by atoms with Crippen LogP contribution < -0.4 is 10.1 Å². The van der Waals surface area contributed by atoms with Crippen molar-refractivity contribution in [3.63, 3.8) is 0 Å². The summed E-state index contributed by atoms with van der Waals surface area (Å²) in [5.41, 5.74) is 4.18. The van der Waals surface area contributed by atoms with Crippen LogP contribution in [0.1, 0.15) is 53.3 Å². The molecule has 4 rings (SSSR count). The van der Waals surface area contributed by atoms with Crippen molar-refractivity contribution in [2.45, 2.75) is 51.0 Å². The third-order valence-electron chi connectivity index (χ3n) is 5.87. The molecule has 0 saturated heterocycles. The summed E-state index contributed by atoms with van der Waals surface area (Å²) in [5.74, 6) is 0.637. The summed E-state index contributed by atoms with van der Waals surface area (Å²) in [6, 6.07) is 13.8. The van der Waals surface area contributed by atoms with Gasteiger partial charge in [-0.05, 0) is 54.8 Å². The van der Waals surface area contributed by atoms with Crippen molar-refractivity contribution in [2.75, 3.05) is 12.4 Å². The van der Waals surface area contributed by atoms with Crippen LogP contribution in [-0.2, 0) is 22.2 Å². The van der Waals surface area contributed by atoms with Crippen LogP contribution in [0.3, 0.4) is 0 Å². The molecule has 29 heavy (non-hydrogen) atoms. The molecule has 1 aliphatic carbocycles. The van der Waals surface area contributed by atoms with Gasteiger partial charge in [0.15, 0.2) is 0 Å². The summed E-state index contributed by atoms with van der Waals surface area (Å²) in [4.78, 5) is 16.6. The Labute approximate surface area is 174 Å². The molecule has 2 aromatic carbocycles. The average molecular weight is 397 g/mol. The fourth-order valence-corrected chi connectivity index (χ4v) is 3.84. The Balaban J connectivity index is 0.00000171. The van der Waals surface area contributed by atoms with Crippen LogP contribution in [0.15, 0.2) is 42.5 Å². The van der Waals surface area contributed by atoms with Crippen molar-refractivity contribution in [3.05, 3.63) is 59.3 Å². The summed E-state index contributed by atoms with van der Waals surface area (Å²) in [5, 5.41) is 13.8. The summed E-state index contributed by atoms with van der Waals surface area (Å²) < 4.78 is 5.28. The van der Waals surface area contributed by atoms with Gasteiger partial charge in [0.2, 0.25) is 5.91 Å². The van der Waals surface area contributed by atoms with E-state index in [1.807, 2.05) is 36.4 Å². The lowest BCUT2D eigenvalue weighted by Crippen LogP contribution is -2.28. The second kappa shape index (κ2) is 6.92. The largest absolute Gasteiger partial charge is 0.496 e. The molecule has 1 fully saturated rings. The number of carbonyl (C=O) groups excluding carboxylic acids is 1. The van der Waals surface area contributed by atoms with Crippen LogP contribution in [0, 0.1) is 0 Å². The second-order valence-electron chi connectivity index (χ2n) is 8.96. The number of rotatable bonds is 5. The molecule has 0 unspecified atom stereocenters. The van der Waals surface area contributed by atoms with Crippen LogP contribution in [0.5, 0.6) is 5.75 Å². The van der Waals surface area contributed by atoms with Gasteiger partial charge in [0.1, 0.15) is 5.75 Å². The number of ether oxygens (including phenoxy) is 1. The zero-order valence-corrected chi connectivity index (χ0v) is 17.4. The highest BCUT2D eigenvalue weighted by Crippen LogP contribution is 2.49. The van der Waals surface area contributed by atoms with Crippen molar-refractivity contribution in [1.82, 2.24) is 4.98 Å². The van der Waals surface area contributed by atoms with Gasteiger partial charge in [0.05, 0.1) is 19.1 Å². The Morgan fingerprint density at radius 3 is 2.59 bits per heavy atom. The SMILES string of the molecule is COc1ccc(C2(C(=O)Nc3ccc4[nH]c(C(C)(C)C)cc4c3)CC2)cc1CO.[HH].[HH]. The molecular weight excluding hydrogens is 364 g/mol. The van der Waals surface area contributed by atoms with Gasteiger partial charge in [-0.2, -0.15) is 0 Å². The van der Waals surface area contributed by atoms with Crippen LogP contribution in [0.4, 0.5) is 5.69 Å². The number of hydrogen-bond acceptors (Lipinski definition) is 3. The number of aromatic nitrogens is 1. The predicted molar refractivity (Wildman–Crippen MR) is 120 cm³/mol. The summed E-state index contributed by atoms with van der Waals surface area (Å²) >= 11 is 0. The van der Waals surface area contributed by atoms with Crippen LogP contribution >= 0.6 is 0 Å². The molecule has 3 aromatic rings. The molecular formula is C24H32N2O3. The number of amides is 1. The lowest BCUT2D eigenvalue weighted by Gasteiger charge is -2.18. The van der Waals surface area contributed by atoms with E-state index in [2.05, 4.69) is 37.1 Å². The Morgan fingerprint density at radius 2 is 1.97 bits per heavy atom. The van der Waals surface area contributed by atoms with E-state index in [1.165, 1.54) is 5.69 Å². The number of aliphatic hydroxyl groups excluding tert-OH is 1. The van der Waals surface area contributed by atoms with Crippen molar-refractivity contribution < 1.29 is 17.5 Å². The highest BCUT2D eigenvalue weighted by molar-refractivity contribution is 6.02. The normalized spacial score (nSPS) is 15.3. The molecule has 0 aliphatic heterocycles. The van der Waals surface area contributed by atoms with E-state index in [0.29, 0.717) is 11.3 Å². The minimum Gasteiger partial charge on any atom is -0.496 e. The van der Waals surface area contributed by atoms with E-state index in [0.717, 1.165) is 35.0 Å². The van der Waals surface area contributed by atoms with Gasteiger partial charge in [0.25, 0.3) is 0 Å². The molecule has 0 atom stereocenters. The van der Waals surface area contributed by atoms with Crippen molar-refractivity contribution >= 4 is 22.5 Å². The number of fused-ring (bicyclic) bond motifs is 1. The van der Waals surface area contributed by atoms with Gasteiger partial charge < -0.3 is 20.1 Å². The fraction of sp³-hybridized carbons (Fsp3) is 0.375. The van der Waals surface area contributed by atoms with E-state index in [9.17, 15) is 9.90 Å². The molecule has 1 saturated carbocycles. The minimum absolute atomic E-state index is 0. The van der Waals surface area contributed by atoms with Gasteiger partial charge in [-0.3, -0.25) is 4.79 Å². The predicted octanol–water partition coefficient (Wildman–Crippen LogP) is 5.13. The number of methoxy groups -OCH3 is 1. The quantitative estimate of drug-likeness (QED) is 0.560. The topological polar surface area (TPSA) is 74.3 Å². The smallest absolute Gasteiger partial charge is 0.235 e. The summed E-state index contributed by atoms with van der Waals surface area (Å²) in [6.45, 7) is 6.40. The van der Waals surface area contributed by atoms with Crippen LogP contribution in [-0.4, -0.2) is 23.1 Å². The number of carbonyl (C=O) groups is 1. The van der Waals surface area contributed by atoms with Crippen LogP contribution in [0.25, 0.3) is 10.9 Å². The number of anilines is 1. The Kier molecular flexibility index (Phi) is 4.66. The Bertz CT molecular complexity index is 1080. The second-order valence-corrected chi connectivity index (χ2v) is 8.96. The molecule has 0 spiro atoms. The average Bonchev–Trinajstić information content (AvgIpc) is 3.39. The highest BCUT2D eigenvalue weighted by Gasteiger charge is 2.51. The van der Waals surface area contributed by atoms with Crippen molar-refractivity contribution in [2.24, 2.45) is 0 Å². The molecule has 1 amide bonds. The fourth-order valence-electron chi connectivity index (χ4n) is 3.84. The first kappa shape index (κ1) is 19.5. The first-order chi connectivity index (χ1) is 13.8. The zero-order valence-electron chi connectivity index (χ0n) is 17.4.